The summed E-state index contributed by atoms with van der Waals surface area (Å²) in [4.78, 5) is 11.8. The summed E-state index contributed by atoms with van der Waals surface area (Å²) in [6.07, 6.45) is 3.08. The fourth-order valence-corrected chi connectivity index (χ4v) is 2.48. The number of aryl methyl sites for hydroxylation is 1. The fraction of sp³-hybridized carbons (Fsp3) is 0.211. The molecule has 0 spiro atoms. The van der Waals surface area contributed by atoms with Crippen molar-refractivity contribution in [1.82, 2.24) is 0 Å². The number of carbonyl (C=O) groups excluding carboxylic acids is 1. The van der Waals surface area contributed by atoms with Crippen LogP contribution >= 0.6 is 0 Å². The first-order chi connectivity index (χ1) is 11.2. The van der Waals surface area contributed by atoms with Gasteiger partial charge in [-0.05, 0) is 42.3 Å². The number of carbonyl (C=O) groups is 1. The summed E-state index contributed by atoms with van der Waals surface area (Å²) in [6, 6.07) is 15.8. The largest absolute Gasteiger partial charge is 0.473 e. The van der Waals surface area contributed by atoms with Crippen molar-refractivity contribution in [3.8, 4) is 0 Å². The zero-order valence-electron chi connectivity index (χ0n) is 13.4. The Morgan fingerprint density at radius 3 is 2.52 bits per heavy atom. The third kappa shape index (κ3) is 3.27. The van der Waals surface area contributed by atoms with Gasteiger partial charge in [0.15, 0.2) is 0 Å². The molecule has 23 heavy (non-hydrogen) atoms. The third-order valence-electron chi connectivity index (χ3n) is 3.84. The Kier molecular flexibility index (Phi) is 4.44. The Hall–Kier alpha value is -2.59. The maximum atomic E-state index is 11.8. The van der Waals surface area contributed by atoms with E-state index in [4.69, 9.17) is 4.74 Å². The summed E-state index contributed by atoms with van der Waals surface area (Å²) < 4.78 is 5.03. The first-order valence-electron chi connectivity index (χ1n) is 7.88. The molecule has 0 saturated carbocycles. The molecule has 1 aliphatic heterocycles. The molecule has 0 bridgehead atoms. The molecule has 1 heterocycles. The van der Waals surface area contributed by atoms with Gasteiger partial charge < -0.3 is 15.2 Å². The number of hydrogen-bond donors (Lipinski definition) is 1. The van der Waals surface area contributed by atoms with Gasteiger partial charge in [0.05, 0.1) is 18.4 Å². The summed E-state index contributed by atoms with van der Waals surface area (Å²) in [6.45, 7) is 4.32. The number of esters is 1. The minimum atomic E-state index is -0.298. The van der Waals surface area contributed by atoms with E-state index in [9.17, 15) is 4.79 Å². The maximum absolute atomic E-state index is 11.8. The van der Waals surface area contributed by atoms with E-state index >= 15 is 0 Å². The van der Waals surface area contributed by atoms with Crippen LogP contribution in [0.25, 0.3) is 11.1 Å². The average Bonchev–Trinajstić information content (AvgIpc) is 2.55. The lowest BCUT2D eigenvalue weighted by atomic mass is 10.1. The van der Waals surface area contributed by atoms with E-state index in [0.29, 0.717) is 12.2 Å². The first-order valence-corrected chi connectivity index (χ1v) is 7.88. The van der Waals surface area contributed by atoms with Gasteiger partial charge in [-0.3, -0.25) is 0 Å². The van der Waals surface area contributed by atoms with Crippen LogP contribution in [-0.2, 0) is 11.2 Å². The molecule has 0 radical (unpaired) electrons. The minimum absolute atomic E-state index is 0.298. The van der Waals surface area contributed by atoms with Gasteiger partial charge in [0.2, 0.25) is 0 Å². The lowest BCUT2D eigenvalue weighted by Gasteiger charge is -2.40. The molecule has 0 aliphatic carbocycles. The molecule has 118 valence electrons. The van der Waals surface area contributed by atoms with Crippen molar-refractivity contribution < 1.29 is 14.5 Å². The SMILES string of the molecule is CCOC(=O)c1cccc([NH+]2C=C(c3ccc(CC)cc3)[N-]2)c1. The molecular weight excluding hydrogens is 288 g/mol. The smallest absolute Gasteiger partial charge is 0.338 e. The zero-order chi connectivity index (χ0) is 16.2. The predicted molar refractivity (Wildman–Crippen MR) is 90.2 cm³/mol. The topological polar surface area (TPSA) is 44.8 Å². The summed E-state index contributed by atoms with van der Waals surface area (Å²) in [5, 5.41) is 0.894. The number of benzene rings is 2. The number of ether oxygens (including phenoxy) is 1. The van der Waals surface area contributed by atoms with E-state index in [-0.39, 0.29) is 5.97 Å². The van der Waals surface area contributed by atoms with Crippen molar-refractivity contribution in [3.63, 3.8) is 0 Å². The highest BCUT2D eigenvalue weighted by Gasteiger charge is 2.16. The van der Waals surface area contributed by atoms with E-state index in [1.807, 2.05) is 24.4 Å². The van der Waals surface area contributed by atoms with Crippen LogP contribution in [0.15, 0.2) is 54.7 Å². The Morgan fingerprint density at radius 2 is 1.87 bits per heavy atom. The molecule has 3 rings (SSSR count). The molecule has 1 N–H and O–H groups in total. The molecule has 4 heteroatoms. The summed E-state index contributed by atoms with van der Waals surface area (Å²) in [5.41, 5.74) is 9.49. The molecule has 0 fully saturated rings. The van der Waals surface area contributed by atoms with Gasteiger partial charge in [-0.1, -0.05) is 37.3 Å². The van der Waals surface area contributed by atoms with Gasteiger partial charge >= 0.3 is 5.97 Å². The van der Waals surface area contributed by atoms with Crippen molar-refractivity contribution in [2.45, 2.75) is 20.3 Å². The third-order valence-corrected chi connectivity index (χ3v) is 3.84. The number of nitrogens with zero attached hydrogens (tertiary/aromatic N) is 1. The summed E-state index contributed by atoms with van der Waals surface area (Å²) in [7, 11) is 0. The average molecular weight is 308 g/mol. The second kappa shape index (κ2) is 6.67. The van der Waals surface area contributed by atoms with E-state index in [2.05, 4.69) is 36.6 Å². The van der Waals surface area contributed by atoms with Crippen LogP contribution in [0.5, 0.6) is 0 Å². The van der Waals surface area contributed by atoms with Gasteiger partial charge in [0.25, 0.3) is 0 Å². The lowest BCUT2D eigenvalue weighted by molar-refractivity contribution is -0.740. The van der Waals surface area contributed by atoms with Crippen LogP contribution < -0.4 is 5.01 Å². The molecule has 2 aromatic carbocycles. The number of hydrogen-bond acceptors (Lipinski definition) is 2. The Bertz CT molecular complexity index is 735. The summed E-state index contributed by atoms with van der Waals surface area (Å²) >= 11 is 0. The van der Waals surface area contributed by atoms with E-state index in [1.165, 1.54) is 5.56 Å². The molecule has 0 aromatic heterocycles. The molecule has 4 nitrogen and oxygen atoms in total. The minimum Gasteiger partial charge on any atom is -0.473 e. The monoisotopic (exact) mass is 308 g/mol. The van der Waals surface area contributed by atoms with Gasteiger partial charge in [0.1, 0.15) is 5.69 Å². The van der Waals surface area contributed by atoms with Gasteiger partial charge in [-0.25, -0.2) is 4.79 Å². The normalized spacial score (nSPS) is 16.1. The predicted octanol–water partition coefficient (Wildman–Crippen LogP) is 3.24. The Balaban J connectivity index is 1.74. The number of quaternary nitrogens is 1. The fourth-order valence-electron chi connectivity index (χ4n) is 2.48. The summed E-state index contributed by atoms with van der Waals surface area (Å²) in [5.74, 6) is -0.298. The van der Waals surface area contributed by atoms with Crippen molar-refractivity contribution in [1.29, 1.82) is 0 Å². The zero-order valence-corrected chi connectivity index (χ0v) is 13.4. The van der Waals surface area contributed by atoms with Crippen LogP contribution in [-0.4, -0.2) is 12.6 Å². The van der Waals surface area contributed by atoms with E-state index in [0.717, 1.165) is 28.4 Å². The molecular formula is C19H20N2O2. The van der Waals surface area contributed by atoms with E-state index < -0.39 is 0 Å². The lowest BCUT2D eigenvalue weighted by Crippen LogP contribution is -3.01. The van der Waals surface area contributed by atoms with Crippen molar-refractivity contribution in [2.24, 2.45) is 0 Å². The van der Waals surface area contributed by atoms with Crippen LogP contribution in [0, 0.1) is 0 Å². The number of rotatable bonds is 5. The molecule has 1 unspecified atom stereocenters. The Labute approximate surface area is 136 Å². The van der Waals surface area contributed by atoms with Crippen molar-refractivity contribution in [3.05, 3.63) is 76.8 Å². The second-order valence-corrected chi connectivity index (χ2v) is 5.38. The van der Waals surface area contributed by atoms with Crippen LogP contribution in [0.1, 0.15) is 35.3 Å². The standard InChI is InChI=1S/C19H20N2O2/c1-3-14-8-10-15(11-9-14)18-13-21(20-18)17-7-5-6-16(12-17)19(22)23-4-2/h5-13,21H,3-4H2,1-2H3. The maximum Gasteiger partial charge on any atom is 0.338 e. The first kappa shape index (κ1) is 15.3. The van der Waals surface area contributed by atoms with Crippen LogP contribution in [0.4, 0.5) is 5.69 Å². The van der Waals surface area contributed by atoms with Crippen LogP contribution in [0.2, 0.25) is 0 Å². The van der Waals surface area contributed by atoms with Gasteiger partial charge in [0, 0.05) is 6.07 Å². The molecule has 0 amide bonds. The van der Waals surface area contributed by atoms with Crippen molar-refractivity contribution >= 4 is 17.4 Å². The van der Waals surface area contributed by atoms with Crippen LogP contribution in [0.3, 0.4) is 0 Å². The van der Waals surface area contributed by atoms with E-state index in [1.54, 1.807) is 13.0 Å². The molecule has 2 aromatic rings. The quantitative estimate of drug-likeness (QED) is 0.862. The highest BCUT2D eigenvalue weighted by Crippen LogP contribution is 2.24. The highest BCUT2D eigenvalue weighted by molar-refractivity contribution is 5.90. The highest BCUT2D eigenvalue weighted by atomic mass is 16.5. The molecule has 1 aliphatic rings. The number of nitrogens with one attached hydrogen (secondary N) is 1. The van der Waals surface area contributed by atoms with Gasteiger partial charge in [-0.2, -0.15) is 0 Å². The second-order valence-electron chi connectivity index (χ2n) is 5.38. The molecule has 0 saturated heterocycles. The van der Waals surface area contributed by atoms with Crippen molar-refractivity contribution in [2.75, 3.05) is 6.61 Å². The molecule has 1 atom stereocenters. The Morgan fingerprint density at radius 1 is 1.13 bits per heavy atom. The van der Waals surface area contributed by atoms with Gasteiger partial charge in [-0.15, -0.1) is 0 Å².